The second kappa shape index (κ2) is 2.12. The van der Waals surface area contributed by atoms with Crippen molar-refractivity contribution in [3.63, 3.8) is 0 Å². The third-order valence-corrected chi connectivity index (χ3v) is 0.812. The topological polar surface area (TPSA) is 41.6 Å². The fraction of sp³-hybridized carbons (Fsp3) is 0.200. The molecular weight excluding hydrogens is 102 g/mol. The molecule has 1 rings (SSSR count). The predicted octanol–water partition coefficient (Wildman–Crippen LogP) is 0.407. The SMILES string of the molecule is N#CCn1ccnc1. The summed E-state index contributed by atoms with van der Waals surface area (Å²) in [5.41, 5.74) is 0. The number of rotatable bonds is 1. The van der Waals surface area contributed by atoms with Gasteiger partial charge in [0.25, 0.3) is 0 Å². The summed E-state index contributed by atoms with van der Waals surface area (Å²) in [6, 6.07) is 1.99. The van der Waals surface area contributed by atoms with E-state index in [1.54, 1.807) is 23.3 Å². The molecule has 0 saturated heterocycles. The fourth-order valence-electron chi connectivity index (χ4n) is 0.462. The van der Waals surface area contributed by atoms with Gasteiger partial charge in [-0.25, -0.2) is 4.98 Å². The molecule has 0 fully saturated rings. The zero-order chi connectivity index (χ0) is 5.82. The van der Waals surface area contributed by atoms with Crippen molar-refractivity contribution >= 4 is 0 Å². The minimum atomic E-state index is 0.389. The molecule has 0 N–H and O–H groups in total. The summed E-state index contributed by atoms with van der Waals surface area (Å²) in [5.74, 6) is 0. The first-order valence-electron chi connectivity index (χ1n) is 2.26. The van der Waals surface area contributed by atoms with Gasteiger partial charge in [0.05, 0.1) is 12.4 Å². The first kappa shape index (κ1) is 4.85. The molecule has 8 heavy (non-hydrogen) atoms. The normalized spacial score (nSPS) is 8.38. The molecule has 3 nitrogen and oxygen atoms in total. The molecule has 0 unspecified atom stereocenters. The summed E-state index contributed by atoms with van der Waals surface area (Å²) >= 11 is 0. The van der Waals surface area contributed by atoms with Gasteiger partial charge in [-0.1, -0.05) is 0 Å². The van der Waals surface area contributed by atoms with E-state index in [-0.39, 0.29) is 0 Å². The highest BCUT2D eigenvalue weighted by Crippen LogP contribution is 1.81. The molecule has 0 aliphatic heterocycles. The van der Waals surface area contributed by atoms with Crippen LogP contribution in [0.4, 0.5) is 0 Å². The molecule has 0 radical (unpaired) electrons. The van der Waals surface area contributed by atoms with Gasteiger partial charge >= 0.3 is 0 Å². The van der Waals surface area contributed by atoms with Gasteiger partial charge in [0.15, 0.2) is 0 Å². The lowest BCUT2D eigenvalue weighted by Crippen LogP contribution is -1.88. The van der Waals surface area contributed by atoms with Crippen LogP contribution in [-0.2, 0) is 6.54 Å². The van der Waals surface area contributed by atoms with Gasteiger partial charge in [0, 0.05) is 12.4 Å². The lowest BCUT2D eigenvalue weighted by Gasteiger charge is -1.85. The monoisotopic (exact) mass is 107 g/mol. The molecule has 0 saturated carbocycles. The van der Waals surface area contributed by atoms with Gasteiger partial charge < -0.3 is 4.57 Å². The van der Waals surface area contributed by atoms with Crippen LogP contribution in [0.25, 0.3) is 0 Å². The number of nitriles is 1. The van der Waals surface area contributed by atoms with E-state index in [2.05, 4.69) is 4.98 Å². The van der Waals surface area contributed by atoms with E-state index in [1.165, 1.54) is 0 Å². The third kappa shape index (κ3) is 0.850. The molecule has 0 aromatic carbocycles. The Hall–Kier alpha value is -1.30. The van der Waals surface area contributed by atoms with Gasteiger partial charge in [-0.3, -0.25) is 0 Å². The average Bonchev–Trinajstić information content (AvgIpc) is 2.19. The Labute approximate surface area is 47.2 Å². The molecule has 0 aliphatic rings. The van der Waals surface area contributed by atoms with Gasteiger partial charge in [0.2, 0.25) is 0 Å². The van der Waals surface area contributed by atoms with Crippen molar-refractivity contribution in [1.29, 1.82) is 5.26 Å². The van der Waals surface area contributed by atoms with Gasteiger partial charge in [-0.15, -0.1) is 0 Å². The van der Waals surface area contributed by atoms with Crippen LogP contribution >= 0.6 is 0 Å². The molecule has 0 amide bonds. The molecule has 3 heteroatoms. The lowest BCUT2D eigenvalue weighted by atomic mass is 10.7. The highest BCUT2D eigenvalue weighted by Gasteiger charge is 1.81. The van der Waals surface area contributed by atoms with Crippen molar-refractivity contribution in [2.45, 2.75) is 6.54 Å². The van der Waals surface area contributed by atoms with E-state index in [0.717, 1.165) is 0 Å². The zero-order valence-corrected chi connectivity index (χ0v) is 4.28. The first-order chi connectivity index (χ1) is 3.93. The van der Waals surface area contributed by atoms with E-state index in [4.69, 9.17) is 5.26 Å². The maximum atomic E-state index is 8.14. The van der Waals surface area contributed by atoms with Crippen LogP contribution in [0.2, 0.25) is 0 Å². The highest BCUT2D eigenvalue weighted by molar-refractivity contribution is 4.80. The smallest absolute Gasteiger partial charge is 0.111 e. The van der Waals surface area contributed by atoms with Crippen molar-refractivity contribution in [3.8, 4) is 6.07 Å². The van der Waals surface area contributed by atoms with Crippen LogP contribution in [0, 0.1) is 11.3 Å². The van der Waals surface area contributed by atoms with Crippen molar-refractivity contribution < 1.29 is 0 Å². The van der Waals surface area contributed by atoms with Crippen molar-refractivity contribution in [1.82, 2.24) is 9.55 Å². The second-order valence-corrected chi connectivity index (χ2v) is 1.39. The molecule has 1 aromatic heterocycles. The fourth-order valence-corrected chi connectivity index (χ4v) is 0.462. The number of hydrogen-bond acceptors (Lipinski definition) is 2. The number of nitrogens with zero attached hydrogens (tertiary/aromatic N) is 3. The van der Waals surface area contributed by atoms with Gasteiger partial charge in [-0.05, 0) is 0 Å². The van der Waals surface area contributed by atoms with Crippen LogP contribution in [-0.4, -0.2) is 9.55 Å². The molecule has 40 valence electrons. The molecule has 0 spiro atoms. The molecular formula is C5H5N3. The van der Waals surface area contributed by atoms with Crippen molar-refractivity contribution in [2.75, 3.05) is 0 Å². The van der Waals surface area contributed by atoms with Crippen LogP contribution in [0.1, 0.15) is 0 Å². The Kier molecular flexibility index (Phi) is 1.29. The molecule has 0 bridgehead atoms. The average molecular weight is 107 g/mol. The largest absolute Gasteiger partial charge is 0.324 e. The minimum Gasteiger partial charge on any atom is -0.324 e. The summed E-state index contributed by atoms with van der Waals surface area (Å²) in [6.07, 6.45) is 5.02. The summed E-state index contributed by atoms with van der Waals surface area (Å²) in [6.45, 7) is 0.389. The third-order valence-electron chi connectivity index (χ3n) is 0.812. The Bertz CT molecular complexity index is 182. The molecule has 0 atom stereocenters. The van der Waals surface area contributed by atoms with Crippen LogP contribution in [0.3, 0.4) is 0 Å². The van der Waals surface area contributed by atoms with Gasteiger partial charge in [0.1, 0.15) is 6.54 Å². The Balaban J connectivity index is 2.67. The quantitative estimate of drug-likeness (QED) is 0.521. The van der Waals surface area contributed by atoms with Crippen LogP contribution < -0.4 is 0 Å². The summed E-state index contributed by atoms with van der Waals surface area (Å²) < 4.78 is 1.71. The maximum absolute atomic E-state index is 8.14. The highest BCUT2D eigenvalue weighted by atomic mass is 15.0. The Morgan fingerprint density at radius 1 is 1.75 bits per heavy atom. The van der Waals surface area contributed by atoms with Crippen LogP contribution in [0.15, 0.2) is 18.7 Å². The number of imidazole rings is 1. The Morgan fingerprint density at radius 2 is 2.62 bits per heavy atom. The second-order valence-electron chi connectivity index (χ2n) is 1.39. The number of aromatic nitrogens is 2. The van der Waals surface area contributed by atoms with Crippen molar-refractivity contribution in [2.24, 2.45) is 0 Å². The first-order valence-corrected chi connectivity index (χ1v) is 2.26. The summed E-state index contributed by atoms with van der Waals surface area (Å²) in [7, 11) is 0. The zero-order valence-electron chi connectivity index (χ0n) is 4.28. The van der Waals surface area contributed by atoms with E-state index >= 15 is 0 Å². The Morgan fingerprint density at radius 3 is 3.12 bits per heavy atom. The van der Waals surface area contributed by atoms with Gasteiger partial charge in [-0.2, -0.15) is 5.26 Å². The minimum absolute atomic E-state index is 0.389. The van der Waals surface area contributed by atoms with E-state index in [1.807, 2.05) is 6.07 Å². The van der Waals surface area contributed by atoms with E-state index in [9.17, 15) is 0 Å². The molecule has 1 aromatic rings. The summed E-state index contributed by atoms with van der Waals surface area (Å²) in [5, 5.41) is 8.14. The van der Waals surface area contributed by atoms with E-state index < -0.39 is 0 Å². The lowest BCUT2D eigenvalue weighted by molar-refractivity contribution is 0.830. The molecule has 0 aliphatic carbocycles. The number of hydrogen-bond donors (Lipinski definition) is 0. The van der Waals surface area contributed by atoms with Crippen LogP contribution in [0.5, 0.6) is 0 Å². The predicted molar refractivity (Wildman–Crippen MR) is 27.8 cm³/mol. The maximum Gasteiger partial charge on any atom is 0.111 e. The van der Waals surface area contributed by atoms with E-state index in [0.29, 0.717) is 6.54 Å². The summed E-state index contributed by atoms with van der Waals surface area (Å²) in [4.78, 5) is 3.75. The van der Waals surface area contributed by atoms with Crippen molar-refractivity contribution in [3.05, 3.63) is 18.7 Å². The molecule has 1 heterocycles. The standard InChI is InChI=1S/C5H5N3/c6-1-3-8-4-2-7-5-8/h2,4-5H,3H2.